The van der Waals surface area contributed by atoms with E-state index in [-0.39, 0.29) is 6.10 Å². The predicted octanol–water partition coefficient (Wildman–Crippen LogP) is 4.75. The van der Waals surface area contributed by atoms with Gasteiger partial charge in [-0.05, 0) is 43.2 Å². The molecule has 0 saturated heterocycles. The Labute approximate surface area is 135 Å². The summed E-state index contributed by atoms with van der Waals surface area (Å²) in [5.41, 5.74) is 4.36. The molecule has 2 aromatic rings. The van der Waals surface area contributed by atoms with Crippen molar-refractivity contribution in [2.75, 3.05) is 0 Å². The largest absolute Gasteiger partial charge is 0.483 e. The van der Waals surface area contributed by atoms with Gasteiger partial charge in [0.15, 0.2) is 0 Å². The number of benzene rings is 1. The molecular formula is C18H19ClN2O. The van der Waals surface area contributed by atoms with Crippen LogP contribution in [0.5, 0.6) is 5.75 Å². The molecule has 0 bridgehead atoms. The Balaban J connectivity index is 1.92. The zero-order valence-corrected chi connectivity index (χ0v) is 13.6. The van der Waals surface area contributed by atoms with E-state index in [0.717, 1.165) is 41.3 Å². The molecule has 0 aliphatic carbocycles. The standard InChI is InChI=1S/C18H19ClN2O/c1-3-5-12-8-14(19)9-13-10-17(22-18(12)13)16-7-4-6-15(21-16)11(2)20/h4,6-9,17,20H,3,5,10H2,1-2H3. The fourth-order valence-electron chi connectivity index (χ4n) is 2.86. The number of pyridine rings is 1. The van der Waals surface area contributed by atoms with E-state index in [1.165, 1.54) is 5.56 Å². The summed E-state index contributed by atoms with van der Waals surface area (Å²) in [6.07, 6.45) is 2.70. The first-order chi connectivity index (χ1) is 10.6. The average Bonchev–Trinajstić information content (AvgIpc) is 2.91. The van der Waals surface area contributed by atoms with Crippen molar-refractivity contribution in [1.82, 2.24) is 4.98 Å². The number of nitrogens with zero attached hydrogens (tertiary/aromatic N) is 1. The highest BCUT2D eigenvalue weighted by molar-refractivity contribution is 6.30. The fourth-order valence-corrected chi connectivity index (χ4v) is 3.12. The summed E-state index contributed by atoms with van der Waals surface area (Å²) in [5, 5.41) is 8.50. The molecule has 1 unspecified atom stereocenters. The van der Waals surface area contributed by atoms with Gasteiger partial charge in [-0.15, -0.1) is 0 Å². The van der Waals surface area contributed by atoms with E-state index in [1.807, 2.05) is 30.3 Å². The van der Waals surface area contributed by atoms with Crippen LogP contribution < -0.4 is 4.74 Å². The lowest BCUT2D eigenvalue weighted by Crippen LogP contribution is -2.08. The van der Waals surface area contributed by atoms with Crippen molar-refractivity contribution in [2.24, 2.45) is 0 Å². The van der Waals surface area contributed by atoms with Crippen LogP contribution in [0.4, 0.5) is 0 Å². The predicted molar refractivity (Wildman–Crippen MR) is 89.3 cm³/mol. The fraction of sp³-hybridized carbons (Fsp3) is 0.333. The quantitative estimate of drug-likeness (QED) is 0.828. The smallest absolute Gasteiger partial charge is 0.145 e. The van der Waals surface area contributed by atoms with Crippen molar-refractivity contribution in [3.05, 3.63) is 57.9 Å². The third-order valence-electron chi connectivity index (χ3n) is 3.88. The number of aryl methyl sites for hydroxylation is 1. The summed E-state index contributed by atoms with van der Waals surface area (Å²) in [5.74, 6) is 0.968. The third-order valence-corrected chi connectivity index (χ3v) is 4.10. The molecule has 3 rings (SSSR count). The van der Waals surface area contributed by atoms with Crippen LogP contribution in [0.25, 0.3) is 0 Å². The molecule has 2 heterocycles. The van der Waals surface area contributed by atoms with Gasteiger partial charge < -0.3 is 10.1 Å². The van der Waals surface area contributed by atoms with Crippen molar-refractivity contribution in [1.29, 1.82) is 5.41 Å². The number of rotatable bonds is 4. The molecule has 1 aromatic heterocycles. The van der Waals surface area contributed by atoms with Crippen LogP contribution in [0.1, 0.15) is 48.9 Å². The van der Waals surface area contributed by atoms with E-state index in [2.05, 4.69) is 11.9 Å². The normalized spacial score (nSPS) is 16.2. The van der Waals surface area contributed by atoms with E-state index in [4.69, 9.17) is 21.7 Å². The molecule has 3 nitrogen and oxygen atoms in total. The first-order valence-electron chi connectivity index (χ1n) is 7.59. The SMILES string of the molecule is CCCc1cc(Cl)cc2c1OC(c1cccc(C(C)=N)n1)C2. The Bertz CT molecular complexity index is 727. The second kappa shape index (κ2) is 6.09. The highest BCUT2D eigenvalue weighted by Gasteiger charge is 2.28. The molecule has 4 heteroatoms. The Kier molecular flexibility index (Phi) is 4.16. The van der Waals surface area contributed by atoms with Gasteiger partial charge in [0.25, 0.3) is 0 Å². The minimum absolute atomic E-state index is 0.0941. The van der Waals surface area contributed by atoms with Crippen molar-refractivity contribution >= 4 is 17.3 Å². The van der Waals surface area contributed by atoms with Gasteiger partial charge in [0, 0.05) is 17.0 Å². The monoisotopic (exact) mass is 314 g/mol. The average molecular weight is 315 g/mol. The maximum Gasteiger partial charge on any atom is 0.145 e. The Morgan fingerprint density at radius 3 is 2.95 bits per heavy atom. The molecule has 1 atom stereocenters. The van der Waals surface area contributed by atoms with Crippen LogP contribution >= 0.6 is 11.6 Å². The van der Waals surface area contributed by atoms with Crippen molar-refractivity contribution < 1.29 is 4.74 Å². The molecular weight excluding hydrogens is 296 g/mol. The van der Waals surface area contributed by atoms with Crippen LogP contribution in [0, 0.1) is 5.41 Å². The molecule has 114 valence electrons. The molecule has 0 saturated carbocycles. The number of hydrogen-bond donors (Lipinski definition) is 1. The summed E-state index contributed by atoms with van der Waals surface area (Å²) >= 11 is 6.23. The Morgan fingerprint density at radius 2 is 2.23 bits per heavy atom. The van der Waals surface area contributed by atoms with E-state index < -0.39 is 0 Å². The van der Waals surface area contributed by atoms with Gasteiger partial charge in [0.05, 0.1) is 17.1 Å². The number of fused-ring (bicyclic) bond motifs is 1. The number of halogens is 1. The van der Waals surface area contributed by atoms with Crippen LogP contribution in [-0.2, 0) is 12.8 Å². The lowest BCUT2D eigenvalue weighted by atomic mass is 10.0. The number of nitrogens with one attached hydrogen (secondary N) is 1. The zero-order valence-electron chi connectivity index (χ0n) is 12.8. The molecule has 0 radical (unpaired) electrons. The topological polar surface area (TPSA) is 46.0 Å². The third kappa shape index (κ3) is 2.86. The van der Waals surface area contributed by atoms with Crippen LogP contribution in [0.2, 0.25) is 5.02 Å². The van der Waals surface area contributed by atoms with Crippen LogP contribution in [0.15, 0.2) is 30.3 Å². The van der Waals surface area contributed by atoms with E-state index in [1.54, 1.807) is 6.92 Å². The van der Waals surface area contributed by atoms with Crippen LogP contribution in [0.3, 0.4) is 0 Å². The molecule has 0 fully saturated rings. The van der Waals surface area contributed by atoms with Crippen molar-refractivity contribution in [3.8, 4) is 5.75 Å². The van der Waals surface area contributed by atoms with E-state index in [9.17, 15) is 0 Å². The molecule has 1 aliphatic heterocycles. The van der Waals surface area contributed by atoms with E-state index in [0.29, 0.717) is 11.4 Å². The van der Waals surface area contributed by atoms with E-state index >= 15 is 0 Å². The minimum atomic E-state index is -0.0941. The summed E-state index contributed by atoms with van der Waals surface area (Å²) < 4.78 is 6.17. The van der Waals surface area contributed by atoms with Gasteiger partial charge in [0.2, 0.25) is 0 Å². The Morgan fingerprint density at radius 1 is 1.41 bits per heavy atom. The van der Waals surface area contributed by atoms with Gasteiger partial charge in [0.1, 0.15) is 11.9 Å². The maximum absolute atomic E-state index is 7.73. The lowest BCUT2D eigenvalue weighted by molar-refractivity contribution is 0.231. The van der Waals surface area contributed by atoms with Gasteiger partial charge in [-0.25, -0.2) is 4.98 Å². The molecule has 1 aliphatic rings. The summed E-state index contributed by atoms with van der Waals surface area (Å²) in [6, 6.07) is 9.74. The lowest BCUT2D eigenvalue weighted by Gasteiger charge is -2.13. The van der Waals surface area contributed by atoms with Crippen LogP contribution in [-0.4, -0.2) is 10.7 Å². The van der Waals surface area contributed by atoms with Crippen molar-refractivity contribution in [3.63, 3.8) is 0 Å². The number of ether oxygens (including phenoxy) is 1. The molecule has 1 aromatic carbocycles. The molecule has 0 amide bonds. The second-order valence-corrected chi connectivity index (χ2v) is 6.12. The highest BCUT2D eigenvalue weighted by Crippen LogP contribution is 2.40. The highest BCUT2D eigenvalue weighted by atomic mass is 35.5. The zero-order chi connectivity index (χ0) is 15.7. The van der Waals surface area contributed by atoms with Gasteiger partial charge in [-0.2, -0.15) is 0 Å². The van der Waals surface area contributed by atoms with Gasteiger partial charge in [-0.3, -0.25) is 0 Å². The summed E-state index contributed by atoms with van der Waals surface area (Å²) in [4.78, 5) is 4.55. The summed E-state index contributed by atoms with van der Waals surface area (Å²) in [6.45, 7) is 3.90. The van der Waals surface area contributed by atoms with Gasteiger partial charge >= 0.3 is 0 Å². The first kappa shape index (κ1) is 15.0. The summed E-state index contributed by atoms with van der Waals surface area (Å²) in [7, 11) is 0. The number of aromatic nitrogens is 1. The number of hydrogen-bond acceptors (Lipinski definition) is 3. The van der Waals surface area contributed by atoms with Crippen molar-refractivity contribution in [2.45, 2.75) is 39.2 Å². The second-order valence-electron chi connectivity index (χ2n) is 5.69. The van der Waals surface area contributed by atoms with Gasteiger partial charge in [-0.1, -0.05) is 31.0 Å². The maximum atomic E-state index is 7.73. The molecule has 22 heavy (non-hydrogen) atoms. The molecule has 1 N–H and O–H groups in total. The first-order valence-corrected chi connectivity index (χ1v) is 7.96. The molecule has 0 spiro atoms. The minimum Gasteiger partial charge on any atom is -0.483 e. The Hall–Kier alpha value is -1.87.